The molecule has 0 aliphatic heterocycles. The van der Waals surface area contributed by atoms with Crippen LogP contribution in [-0.2, 0) is 11.2 Å². The third-order valence-corrected chi connectivity index (χ3v) is 2.99. The number of hydrazine groups is 1. The normalized spacial score (nSPS) is 13.7. The number of nitrogens with two attached hydrogens (primary N) is 1. The van der Waals surface area contributed by atoms with E-state index in [2.05, 4.69) is 5.43 Å². The van der Waals surface area contributed by atoms with Crippen molar-refractivity contribution in [3.8, 4) is 0 Å². The van der Waals surface area contributed by atoms with Gasteiger partial charge in [-0.05, 0) is 44.4 Å². The minimum absolute atomic E-state index is 0.0650. The van der Waals surface area contributed by atoms with Crippen molar-refractivity contribution in [3.05, 3.63) is 35.4 Å². The fraction of sp³-hybridized carbons (Fsp3) is 0.538. The Balaban J connectivity index is 2.71. The van der Waals surface area contributed by atoms with E-state index in [1.165, 1.54) is 6.07 Å². The largest absolute Gasteiger partial charge is 0.379 e. The molecule has 0 bridgehead atoms. The van der Waals surface area contributed by atoms with Gasteiger partial charge in [-0.25, -0.2) is 8.78 Å². The van der Waals surface area contributed by atoms with E-state index in [9.17, 15) is 8.78 Å². The Morgan fingerprint density at radius 3 is 2.50 bits per heavy atom. The number of halogens is 2. The van der Waals surface area contributed by atoms with Crippen molar-refractivity contribution in [3.63, 3.8) is 0 Å². The maximum Gasteiger partial charge on any atom is 0.159 e. The molecule has 0 radical (unpaired) electrons. The fourth-order valence-electron chi connectivity index (χ4n) is 1.82. The second kappa shape index (κ2) is 6.22. The first kappa shape index (κ1) is 15.0. The third kappa shape index (κ3) is 4.33. The Hall–Kier alpha value is -1.04. The highest BCUT2D eigenvalue weighted by molar-refractivity contribution is 5.18. The standard InChI is InChI=1S/C13H20F2N2O/c1-13(2,18-3)8-10(17-16)6-9-4-5-11(14)12(15)7-9/h4-5,7,10,17H,6,8,16H2,1-3H3. The van der Waals surface area contributed by atoms with E-state index in [1.807, 2.05) is 13.8 Å². The molecule has 0 aromatic heterocycles. The molecule has 0 amide bonds. The summed E-state index contributed by atoms with van der Waals surface area (Å²) in [6.45, 7) is 3.89. The Morgan fingerprint density at radius 2 is 2.00 bits per heavy atom. The van der Waals surface area contributed by atoms with E-state index in [1.54, 1.807) is 13.2 Å². The molecule has 0 saturated carbocycles. The first-order chi connectivity index (χ1) is 8.38. The Morgan fingerprint density at radius 1 is 1.33 bits per heavy atom. The lowest BCUT2D eigenvalue weighted by Gasteiger charge is -2.28. The van der Waals surface area contributed by atoms with Gasteiger partial charge in [0, 0.05) is 13.2 Å². The average Bonchev–Trinajstić information content (AvgIpc) is 2.33. The number of methoxy groups -OCH3 is 1. The van der Waals surface area contributed by atoms with Crippen LogP contribution in [0.5, 0.6) is 0 Å². The van der Waals surface area contributed by atoms with E-state index in [0.29, 0.717) is 18.4 Å². The van der Waals surface area contributed by atoms with Gasteiger partial charge >= 0.3 is 0 Å². The van der Waals surface area contributed by atoms with Gasteiger partial charge in [0.05, 0.1) is 5.60 Å². The number of rotatable bonds is 6. The van der Waals surface area contributed by atoms with Crippen LogP contribution in [0.4, 0.5) is 8.78 Å². The molecule has 1 rings (SSSR count). The zero-order valence-electron chi connectivity index (χ0n) is 11.0. The van der Waals surface area contributed by atoms with Crippen molar-refractivity contribution >= 4 is 0 Å². The maximum atomic E-state index is 13.1. The summed E-state index contributed by atoms with van der Waals surface area (Å²) in [4.78, 5) is 0. The van der Waals surface area contributed by atoms with Crippen molar-refractivity contribution in [1.29, 1.82) is 0 Å². The molecule has 1 unspecified atom stereocenters. The molecule has 0 aliphatic rings. The van der Waals surface area contributed by atoms with Crippen molar-refractivity contribution in [2.45, 2.75) is 38.3 Å². The van der Waals surface area contributed by atoms with Gasteiger partial charge in [0.25, 0.3) is 0 Å². The van der Waals surface area contributed by atoms with E-state index in [0.717, 1.165) is 6.07 Å². The van der Waals surface area contributed by atoms with Gasteiger partial charge in [-0.15, -0.1) is 0 Å². The van der Waals surface area contributed by atoms with Gasteiger partial charge in [0.2, 0.25) is 0 Å². The topological polar surface area (TPSA) is 47.3 Å². The summed E-state index contributed by atoms with van der Waals surface area (Å²) in [5.74, 6) is 3.80. The zero-order valence-corrected chi connectivity index (χ0v) is 11.0. The maximum absolute atomic E-state index is 13.1. The Labute approximate surface area is 106 Å². The molecule has 5 heteroatoms. The van der Waals surface area contributed by atoms with Crippen LogP contribution in [0.1, 0.15) is 25.8 Å². The second-order valence-corrected chi connectivity index (χ2v) is 4.98. The molecule has 1 aromatic rings. The number of ether oxygens (including phenoxy) is 1. The fourth-order valence-corrected chi connectivity index (χ4v) is 1.82. The van der Waals surface area contributed by atoms with E-state index in [-0.39, 0.29) is 11.6 Å². The summed E-state index contributed by atoms with van der Waals surface area (Å²) >= 11 is 0. The molecular weight excluding hydrogens is 238 g/mol. The number of hydrogen-bond donors (Lipinski definition) is 2. The van der Waals surface area contributed by atoms with Gasteiger partial charge < -0.3 is 4.74 Å². The monoisotopic (exact) mass is 258 g/mol. The zero-order chi connectivity index (χ0) is 13.8. The summed E-state index contributed by atoms with van der Waals surface area (Å²) in [6, 6.07) is 3.81. The number of nitrogens with one attached hydrogen (secondary N) is 1. The van der Waals surface area contributed by atoms with Gasteiger partial charge in [-0.3, -0.25) is 11.3 Å². The molecule has 102 valence electrons. The predicted octanol–water partition coefficient (Wildman–Crippen LogP) is 2.15. The molecule has 0 heterocycles. The Kier molecular flexibility index (Phi) is 5.19. The highest BCUT2D eigenvalue weighted by Crippen LogP contribution is 2.18. The number of benzene rings is 1. The lowest BCUT2D eigenvalue weighted by molar-refractivity contribution is 0.00710. The van der Waals surface area contributed by atoms with Crippen molar-refractivity contribution < 1.29 is 13.5 Å². The molecule has 1 atom stereocenters. The molecule has 0 spiro atoms. The van der Waals surface area contributed by atoms with Gasteiger partial charge in [0.15, 0.2) is 11.6 Å². The van der Waals surface area contributed by atoms with Gasteiger partial charge in [-0.2, -0.15) is 0 Å². The third-order valence-electron chi connectivity index (χ3n) is 2.99. The molecule has 3 N–H and O–H groups in total. The summed E-state index contributed by atoms with van der Waals surface area (Å²) in [7, 11) is 1.63. The summed E-state index contributed by atoms with van der Waals surface area (Å²) in [6.07, 6.45) is 1.18. The van der Waals surface area contributed by atoms with Gasteiger partial charge in [0.1, 0.15) is 0 Å². The minimum Gasteiger partial charge on any atom is -0.379 e. The predicted molar refractivity (Wildman–Crippen MR) is 66.9 cm³/mol. The first-order valence-corrected chi connectivity index (χ1v) is 5.83. The van der Waals surface area contributed by atoms with Gasteiger partial charge in [-0.1, -0.05) is 6.07 Å². The molecule has 0 fully saturated rings. The van der Waals surface area contributed by atoms with E-state index < -0.39 is 11.6 Å². The van der Waals surface area contributed by atoms with E-state index in [4.69, 9.17) is 10.6 Å². The van der Waals surface area contributed by atoms with Crippen LogP contribution in [0.15, 0.2) is 18.2 Å². The molecular formula is C13H20F2N2O. The van der Waals surface area contributed by atoms with Crippen LogP contribution in [0.2, 0.25) is 0 Å². The highest BCUT2D eigenvalue weighted by atomic mass is 19.2. The molecule has 1 aromatic carbocycles. The van der Waals surface area contributed by atoms with Crippen LogP contribution in [0.3, 0.4) is 0 Å². The molecule has 0 aliphatic carbocycles. The molecule has 18 heavy (non-hydrogen) atoms. The Bertz CT molecular complexity index is 397. The smallest absolute Gasteiger partial charge is 0.159 e. The highest BCUT2D eigenvalue weighted by Gasteiger charge is 2.22. The van der Waals surface area contributed by atoms with Crippen LogP contribution >= 0.6 is 0 Å². The van der Waals surface area contributed by atoms with Crippen LogP contribution in [0.25, 0.3) is 0 Å². The van der Waals surface area contributed by atoms with Crippen LogP contribution in [0, 0.1) is 11.6 Å². The minimum atomic E-state index is -0.840. The van der Waals surface area contributed by atoms with Crippen LogP contribution in [-0.4, -0.2) is 18.8 Å². The molecule has 0 saturated heterocycles. The van der Waals surface area contributed by atoms with E-state index >= 15 is 0 Å². The van der Waals surface area contributed by atoms with Crippen LogP contribution < -0.4 is 11.3 Å². The summed E-state index contributed by atoms with van der Waals surface area (Å²) < 4.78 is 31.2. The van der Waals surface area contributed by atoms with Crippen molar-refractivity contribution in [2.24, 2.45) is 5.84 Å². The summed E-state index contributed by atoms with van der Waals surface area (Å²) in [5.41, 5.74) is 3.05. The summed E-state index contributed by atoms with van der Waals surface area (Å²) in [5, 5.41) is 0. The SMILES string of the molecule is COC(C)(C)CC(Cc1ccc(F)c(F)c1)NN. The average molecular weight is 258 g/mol. The first-order valence-electron chi connectivity index (χ1n) is 5.83. The van der Waals surface area contributed by atoms with Crippen molar-refractivity contribution in [2.75, 3.05) is 7.11 Å². The number of hydrogen-bond acceptors (Lipinski definition) is 3. The second-order valence-electron chi connectivity index (χ2n) is 4.98. The quantitative estimate of drug-likeness (QED) is 0.607. The van der Waals surface area contributed by atoms with Crippen molar-refractivity contribution in [1.82, 2.24) is 5.43 Å². The molecule has 3 nitrogen and oxygen atoms in total. The lowest BCUT2D eigenvalue weighted by Crippen LogP contribution is -2.42. The lowest BCUT2D eigenvalue weighted by atomic mass is 9.94.